The van der Waals surface area contributed by atoms with Crippen molar-refractivity contribution in [2.45, 2.75) is 12.6 Å². The highest BCUT2D eigenvalue weighted by Gasteiger charge is 2.34. The van der Waals surface area contributed by atoms with Crippen LogP contribution in [0, 0.1) is 0 Å². The molecule has 1 atom stereocenters. The molecule has 0 aromatic carbocycles. The summed E-state index contributed by atoms with van der Waals surface area (Å²) < 4.78 is 0. The number of carboxylic acid groups (broad SMARTS) is 1. The van der Waals surface area contributed by atoms with E-state index in [2.05, 4.69) is 15.4 Å². The van der Waals surface area contributed by atoms with Crippen molar-refractivity contribution in [3.8, 4) is 10.7 Å². The molecule has 2 aromatic rings. The number of carboxylic acids is 1. The first-order chi connectivity index (χ1) is 10.1. The Morgan fingerprint density at radius 1 is 1.48 bits per heavy atom. The number of tetrazole rings is 1. The molecule has 1 amide bonds. The number of rotatable bonds is 4. The number of thiophene rings is 1. The third-order valence-corrected chi connectivity index (χ3v) is 4.84. The Hall–Kier alpha value is -1.94. The van der Waals surface area contributed by atoms with E-state index in [0.29, 0.717) is 17.5 Å². The molecular formula is C11H11N5O3S2. The van der Waals surface area contributed by atoms with Crippen LogP contribution in [0.2, 0.25) is 0 Å². The summed E-state index contributed by atoms with van der Waals surface area (Å²) in [4.78, 5) is 26.6. The maximum absolute atomic E-state index is 12.1. The number of carbonyl (C=O) groups is 2. The first-order valence-corrected chi connectivity index (χ1v) is 8.10. The Morgan fingerprint density at radius 3 is 3.05 bits per heavy atom. The lowest BCUT2D eigenvalue weighted by atomic mass is 10.3. The maximum Gasteiger partial charge on any atom is 0.327 e. The normalized spacial score (nSPS) is 18.1. The van der Waals surface area contributed by atoms with E-state index in [1.807, 2.05) is 17.5 Å². The third kappa shape index (κ3) is 2.90. The number of hydrogen-bond acceptors (Lipinski definition) is 7. The van der Waals surface area contributed by atoms with E-state index in [1.54, 1.807) is 0 Å². The fraction of sp³-hybridized carbons (Fsp3) is 0.364. The highest BCUT2D eigenvalue weighted by Crippen LogP contribution is 2.22. The summed E-state index contributed by atoms with van der Waals surface area (Å²) in [6.07, 6.45) is 0. The quantitative estimate of drug-likeness (QED) is 0.867. The lowest BCUT2D eigenvalue weighted by Crippen LogP contribution is -2.43. The van der Waals surface area contributed by atoms with Gasteiger partial charge in [-0.2, -0.15) is 4.80 Å². The lowest BCUT2D eigenvalue weighted by Gasteiger charge is -2.19. The molecule has 1 aliphatic heterocycles. The summed E-state index contributed by atoms with van der Waals surface area (Å²) in [5, 5.41) is 22.8. The SMILES string of the molecule is O=C(O)[C@@H]1CSCN1C(=O)Cn1nnc(-c2cccs2)n1. The van der Waals surface area contributed by atoms with Crippen molar-refractivity contribution < 1.29 is 14.7 Å². The smallest absolute Gasteiger partial charge is 0.327 e. The Kier molecular flexibility index (Phi) is 3.88. The topological polar surface area (TPSA) is 101 Å². The standard InChI is InChI=1S/C11H11N5O3S2/c17-9(15-6-20-5-7(15)11(18)19)4-16-13-10(12-14-16)8-2-1-3-21-8/h1-3,7H,4-6H2,(H,18,19)/t7-/m0/s1. The van der Waals surface area contributed by atoms with Crippen LogP contribution in [0.3, 0.4) is 0 Å². The second-order valence-corrected chi connectivity index (χ2v) is 6.29. The number of hydrogen-bond donors (Lipinski definition) is 1. The highest BCUT2D eigenvalue weighted by molar-refractivity contribution is 7.99. The first kappa shape index (κ1) is 14.0. The number of nitrogens with zero attached hydrogens (tertiary/aromatic N) is 5. The average Bonchev–Trinajstić information content (AvgIpc) is 3.19. The zero-order valence-electron chi connectivity index (χ0n) is 10.7. The predicted molar refractivity (Wildman–Crippen MR) is 76.7 cm³/mol. The van der Waals surface area contributed by atoms with Crippen LogP contribution >= 0.6 is 23.1 Å². The van der Waals surface area contributed by atoms with E-state index in [0.717, 1.165) is 4.88 Å². The van der Waals surface area contributed by atoms with Gasteiger partial charge in [-0.15, -0.1) is 33.3 Å². The van der Waals surface area contributed by atoms with Gasteiger partial charge in [-0.1, -0.05) is 6.07 Å². The molecule has 0 bridgehead atoms. The molecule has 10 heteroatoms. The van der Waals surface area contributed by atoms with Crippen molar-refractivity contribution >= 4 is 35.0 Å². The minimum Gasteiger partial charge on any atom is -0.480 e. The predicted octanol–water partition coefficient (Wildman–Crippen LogP) is 0.388. The molecule has 1 fully saturated rings. The zero-order valence-corrected chi connectivity index (χ0v) is 12.4. The van der Waals surface area contributed by atoms with Crippen LogP contribution in [0.1, 0.15) is 0 Å². The molecule has 0 unspecified atom stereocenters. The van der Waals surface area contributed by atoms with Gasteiger partial charge < -0.3 is 10.0 Å². The summed E-state index contributed by atoms with van der Waals surface area (Å²) in [6.45, 7) is -0.108. The molecule has 3 rings (SSSR count). The number of aromatic nitrogens is 4. The van der Waals surface area contributed by atoms with Crippen LogP contribution in [0.4, 0.5) is 0 Å². The minimum absolute atomic E-state index is 0.108. The molecule has 1 N–H and O–H groups in total. The van der Waals surface area contributed by atoms with Gasteiger partial charge >= 0.3 is 5.97 Å². The summed E-state index contributed by atoms with van der Waals surface area (Å²) in [5.41, 5.74) is 0. The lowest BCUT2D eigenvalue weighted by molar-refractivity contribution is -0.148. The zero-order chi connectivity index (χ0) is 14.8. The molecule has 3 heterocycles. The molecule has 0 spiro atoms. The van der Waals surface area contributed by atoms with Gasteiger partial charge in [-0.05, 0) is 16.7 Å². The van der Waals surface area contributed by atoms with Crippen molar-refractivity contribution in [2.24, 2.45) is 0 Å². The number of amides is 1. The van der Waals surface area contributed by atoms with Crippen molar-refractivity contribution in [1.82, 2.24) is 25.1 Å². The monoisotopic (exact) mass is 325 g/mol. The van der Waals surface area contributed by atoms with Gasteiger partial charge in [0.25, 0.3) is 0 Å². The second kappa shape index (κ2) is 5.82. The van der Waals surface area contributed by atoms with E-state index in [4.69, 9.17) is 5.11 Å². The average molecular weight is 325 g/mol. The molecule has 0 aliphatic carbocycles. The molecular weight excluding hydrogens is 314 g/mol. The summed E-state index contributed by atoms with van der Waals surface area (Å²) >= 11 is 2.90. The molecule has 21 heavy (non-hydrogen) atoms. The molecule has 1 aliphatic rings. The van der Waals surface area contributed by atoms with Crippen LogP contribution in [0.5, 0.6) is 0 Å². The van der Waals surface area contributed by atoms with Gasteiger partial charge in [0.05, 0.1) is 10.8 Å². The van der Waals surface area contributed by atoms with Crippen LogP contribution < -0.4 is 0 Å². The maximum atomic E-state index is 12.1. The van der Waals surface area contributed by atoms with E-state index >= 15 is 0 Å². The van der Waals surface area contributed by atoms with Crippen molar-refractivity contribution in [2.75, 3.05) is 11.6 Å². The van der Waals surface area contributed by atoms with Gasteiger partial charge in [0, 0.05) is 5.75 Å². The van der Waals surface area contributed by atoms with E-state index in [-0.39, 0.29) is 12.5 Å². The summed E-state index contributed by atoms with van der Waals surface area (Å²) in [5.74, 6) is -0.0562. The van der Waals surface area contributed by atoms with E-state index in [1.165, 1.54) is 32.8 Å². The Bertz CT molecular complexity index is 657. The van der Waals surface area contributed by atoms with Gasteiger partial charge in [-0.25, -0.2) is 4.79 Å². The molecule has 0 saturated carbocycles. The van der Waals surface area contributed by atoms with E-state index < -0.39 is 12.0 Å². The van der Waals surface area contributed by atoms with Crippen LogP contribution in [0.25, 0.3) is 10.7 Å². The summed E-state index contributed by atoms with van der Waals surface area (Å²) in [6, 6.07) is 2.97. The Balaban J connectivity index is 1.69. The Labute approximate surface area is 127 Å². The van der Waals surface area contributed by atoms with Crippen molar-refractivity contribution in [3.05, 3.63) is 17.5 Å². The second-order valence-electron chi connectivity index (χ2n) is 4.34. The number of aliphatic carboxylic acids is 1. The van der Waals surface area contributed by atoms with Crippen LogP contribution in [-0.4, -0.2) is 59.8 Å². The molecule has 0 radical (unpaired) electrons. The van der Waals surface area contributed by atoms with Gasteiger partial charge in [-0.3, -0.25) is 4.79 Å². The third-order valence-electron chi connectivity index (χ3n) is 2.96. The van der Waals surface area contributed by atoms with Crippen LogP contribution in [-0.2, 0) is 16.1 Å². The van der Waals surface area contributed by atoms with E-state index in [9.17, 15) is 9.59 Å². The molecule has 1 saturated heterocycles. The number of carbonyl (C=O) groups excluding carboxylic acids is 1. The largest absolute Gasteiger partial charge is 0.480 e. The van der Waals surface area contributed by atoms with Gasteiger partial charge in [0.1, 0.15) is 12.6 Å². The number of thioether (sulfide) groups is 1. The minimum atomic E-state index is -0.987. The van der Waals surface area contributed by atoms with Gasteiger partial charge in [0.15, 0.2) is 0 Å². The summed E-state index contributed by atoms with van der Waals surface area (Å²) in [7, 11) is 0. The molecule has 110 valence electrons. The van der Waals surface area contributed by atoms with Crippen molar-refractivity contribution in [1.29, 1.82) is 0 Å². The van der Waals surface area contributed by atoms with Crippen molar-refractivity contribution in [3.63, 3.8) is 0 Å². The molecule has 8 nitrogen and oxygen atoms in total. The molecule has 2 aromatic heterocycles. The Morgan fingerprint density at radius 2 is 2.33 bits per heavy atom. The fourth-order valence-electron chi connectivity index (χ4n) is 1.92. The fourth-order valence-corrected chi connectivity index (χ4v) is 3.74. The highest BCUT2D eigenvalue weighted by atomic mass is 32.2. The van der Waals surface area contributed by atoms with Crippen LogP contribution in [0.15, 0.2) is 17.5 Å². The first-order valence-electron chi connectivity index (χ1n) is 6.07. The van der Waals surface area contributed by atoms with Gasteiger partial charge in [0.2, 0.25) is 11.7 Å².